The van der Waals surface area contributed by atoms with Crippen molar-refractivity contribution in [1.82, 2.24) is 9.78 Å². The zero-order valence-electron chi connectivity index (χ0n) is 20.8. The fourth-order valence-electron chi connectivity index (χ4n) is 5.67. The number of hydrogen-bond donors (Lipinski definition) is 2. The van der Waals surface area contributed by atoms with Crippen LogP contribution in [-0.2, 0) is 10.2 Å². The fraction of sp³-hybridized carbons (Fsp3) is 0.0312. The molecule has 0 saturated carbocycles. The van der Waals surface area contributed by atoms with E-state index >= 15 is 0 Å². The van der Waals surface area contributed by atoms with Crippen molar-refractivity contribution in [3.8, 4) is 23.0 Å². The number of hydrogen-bond acceptors (Lipinski definition) is 4. The van der Waals surface area contributed by atoms with Crippen LogP contribution in [0.2, 0.25) is 10.0 Å². The lowest BCUT2D eigenvalue weighted by molar-refractivity contribution is -0.118. The average molecular weight is 560 g/mol. The Labute approximate surface area is 240 Å². The van der Waals surface area contributed by atoms with Crippen molar-refractivity contribution >= 4 is 46.3 Å². The van der Waals surface area contributed by atoms with Gasteiger partial charge in [-0.3, -0.25) is 4.79 Å². The summed E-state index contributed by atoms with van der Waals surface area (Å²) in [5, 5.41) is 23.6. The minimum absolute atomic E-state index is 0.271. The van der Waals surface area contributed by atoms with Gasteiger partial charge in [0, 0.05) is 32.4 Å². The Morgan fingerprint density at radius 3 is 2.08 bits per heavy atom. The minimum Gasteiger partial charge on any atom is -0.338 e. The Kier molecular flexibility index (Phi) is 5.53. The molecule has 1 unspecified atom stereocenters. The summed E-state index contributed by atoms with van der Waals surface area (Å²) >= 11 is 12.4. The van der Waals surface area contributed by atoms with Gasteiger partial charge in [0.25, 0.3) is 0 Å². The highest BCUT2D eigenvalue weighted by atomic mass is 35.5. The maximum atomic E-state index is 14.4. The smallest absolute Gasteiger partial charge is 0.245 e. The minimum atomic E-state index is -1.47. The predicted octanol–water partition coefficient (Wildman–Crippen LogP) is 7.44. The van der Waals surface area contributed by atoms with E-state index in [1.54, 1.807) is 28.9 Å². The van der Waals surface area contributed by atoms with Crippen LogP contribution in [0.1, 0.15) is 16.7 Å². The molecule has 0 fully saturated rings. The van der Waals surface area contributed by atoms with Crippen molar-refractivity contribution in [2.45, 2.75) is 5.41 Å². The van der Waals surface area contributed by atoms with Crippen molar-refractivity contribution in [2.75, 3.05) is 10.6 Å². The van der Waals surface area contributed by atoms with Crippen molar-refractivity contribution in [3.05, 3.63) is 135 Å². The predicted molar refractivity (Wildman–Crippen MR) is 157 cm³/mol. The van der Waals surface area contributed by atoms with E-state index in [-0.39, 0.29) is 11.5 Å². The summed E-state index contributed by atoms with van der Waals surface area (Å²) in [6.07, 6.45) is 0. The number of fused-ring (bicyclic) bond motifs is 4. The maximum Gasteiger partial charge on any atom is 0.245 e. The molecule has 0 saturated heterocycles. The van der Waals surface area contributed by atoms with Gasteiger partial charge in [-0.25, -0.2) is 4.68 Å². The number of anilines is 2. The van der Waals surface area contributed by atoms with Crippen LogP contribution in [0.5, 0.6) is 0 Å². The van der Waals surface area contributed by atoms with Crippen LogP contribution in [0, 0.1) is 11.3 Å². The summed E-state index contributed by atoms with van der Waals surface area (Å²) < 4.78 is 1.79. The molecule has 4 aromatic carbocycles. The molecule has 0 bridgehead atoms. The number of benzene rings is 4. The molecular weight excluding hydrogens is 541 g/mol. The Hall–Kier alpha value is -4.83. The molecule has 2 N–H and O–H groups in total. The largest absolute Gasteiger partial charge is 0.338 e. The van der Waals surface area contributed by atoms with Crippen LogP contribution < -0.4 is 10.6 Å². The number of halogens is 2. The van der Waals surface area contributed by atoms with Crippen LogP contribution in [-0.4, -0.2) is 15.7 Å². The second-order valence-electron chi connectivity index (χ2n) is 9.57. The molecule has 0 radical (unpaired) electrons. The Morgan fingerprint density at radius 1 is 0.775 bits per heavy atom. The van der Waals surface area contributed by atoms with E-state index in [1.807, 2.05) is 78.9 Å². The maximum absolute atomic E-state index is 14.4. The third kappa shape index (κ3) is 3.42. The molecule has 7 rings (SSSR count). The highest BCUT2D eigenvalue weighted by molar-refractivity contribution is 6.31. The molecule has 0 aliphatic carbocycles. The second kappa shape index (κ2) is 9.13. The molecular formula is C32H19Cl2N5O. The number of nitriles is 1. The topological polar surface area (TPSA) is 82.7 Å². The van der Waals surface area contributed by atoms with Crippen molar-refractivity contribution in [3.63, 3.8) is 0 Å². The fourth-order valence-corrected chi connectivity index (χ4v) is 5.93. The number of para-hydroxylation sites is 2. The van der Waals surface area contributed by atoms with Gasteiger partial charge in [0.05, 0.1) is 28.7 Å². The molecule has 192 valence electrons. The number of nitrogens with zero attached hydrogens (tertiary/aromatic N) is 3. The van der Waals surface area contributed by atoms with E-state index < -0.39 is 5.41 Å². The van der Waals surface area contributed by atoms with Crippen LogP contribution in [0.25, 0.3) is 22.6 Å². The number of nitrogens with one attached hydrogen (secondary N) is 2. The first-order chi connectivity index (χ1) is 19.5. The number of carbonyl (C=O) groups is 1. The van der Waals surface area contributed by atoms with Gasteiger partial charge in [0.15, 0.2) is 0 Å². The molecule has 6 nitrogen and oxygen atoms in total. The first-order valence-corrected chi connectivity index (χ1v) is 13.3. The van der Waals surface area contributed by atoms with Gasteiger partial charge in [-0.1, -0.05) is 83.9 Å². The van der Waals surface area contributed by atoms with Gasteiger partial charge < -0.3 is 10.6 Å². The lowest BCUT2D eigenvalue weighted by atomic mass is 9.66. The Balaban J connectivity index is 1.64. The van der Waals surface area contributed by atoms with E-state index in [1.165, 1.54) is 0 Å². The van der Waals surface area contributed by atoms with E-state index in [0.717, 1.165) is 16.8 Å². The van der Waals surface area contributed by atoms with Crippen molar-refractivity contribution in [2.24, 2.45) is 0 Å². The summed E-state index contributed by atoms with van der Waals surface area (Å²) in [6.45, 7) is 0. The molecule has 8 heteroatoms. The third-order valence-corrected chi connectivity index (χ3v) is 7.92. The van der Waals surface area contributed by atoms with E-state index in [9.17, 15) is 10.1 Å². The van der Waals surface area contributed by atoms with E-state index in [4.69, 9.17) is 28.3 Å². The van der Waals surface area contributed by atoms with Gasteiger partial charge in [-0.05, 0) is 48.0 Å². The third-order valence-electron chi connectivity index (χ3n) is 7.41. The first-order valence-electron chi connectivity index (χ1n) is 12.6. The average Bonchev–Trinajstić information content (AvgIpc) is 3.50. The number of aromatic nitrogens is 2. The van der Waals surface area contributed by atoms with Crippen LogP contribution >= 0.6 is 23.2 Å². The molecule has 2 aliphatic rings. The second-order valence-corrected chi connectivity index (χ2v) is 10.4. The van der Waals surface area contributed by atoms with Crippen LogP contribution in [0.3, 0.4) is 0 Å². The Bertz CT molecular complexity index is 1890. The first kappa shape index (κ1) is 24.2. The number of carbonyl (C=O) groups excluding carboxylic acids is 1. The van der Waals surface area contributed by atoms with Crippen LogP contribution in [0.15, 0.2) is 109 Å². The van der Waals surface area contributed by atoms with Gasteiger partial charge in [0.2, 0.25) is 5.91 Å². The van der Waals surface area contributed by atoms with E-state index in [0.29, 0.717) is 44.1 Å². The normalized spacial score (nSPS) is 17.2. The Morgan fingerprint density at radius 2 is 1.40 bits per heavy atom. The quantitative estimate of drug-likeness (QED) is 0.240. The summed E-state index contributed by atoms with van der Waals surface area (Å²) in [7, 11) is 0. The zero-order chi connectivity index (χ0) is 27.4. The molecule has 1 atom stereocenters. The summed E-state index contributed by atoms with van der Waals surface area (Å²) in [4.78, 5) is 14.4. The highest BCUT2D eigenvalue weighted by Crippen LogP contribution is 2.57. The van der Waals surface area contributed by atoms with Crippen LogP contribution in [0.4, 0.5) is 11.5 Å². The van der Waals surface area contributed by atoms with Gasteiger partial charge >= 0.3 is 0 Å². The summed E-state index contributed by atoms with van der Waals surface area (Å²) in [5.41, 5.74) is 4.09. The SMILES string of the molecule is N#CC1=C(c2ccc(Cl)cc2)Nc2c(c(-c3ccc(Cl)cc3)nn2-c2ccccc2)C12C(=O)Nc1ccccc12. The lowest BCUT2D eigenvalue weighted by Crippen LogP contribution is -2.41. The highest BCUT2D eigenvalue weighted by Gasteiger charge is 2.58. The molecule has 1 spiro atoms. The number of rotatable bonds is 3. The van der Waals surface area contributed by atoms with Crippen molar-refractivity contribution < 1.29 is 4.79 Å². The lowest BCUT2D eigenvalue weighted by Gasteiger charge is -2.35. The van der Waals surface area contributed by atoms with Crippen molar-refractivity contribution in [1.29, 1.82) is 5.26 Å². The molecule has 40 heavy (non-hydrogen) atoms. The summed E-state index contributed by atoms with van der Waals surface area (Å²) in [5.74, 6) is 0.272. The standard InChI is InChI=1S/C32H19Cl2N5O/c33-21-14-10-19(11-15-21)28-25(18-35)32(24-8-4-5-9-26(24)36-31(32)40)27-29(20-12-16-22(34)17-13-20)38-39(30(27)37-28)23-6-2-1-3-7-23/h1-17,37H,(H,36,40). The summed E-state index contributed by atoms with van der Waals surface area (Å²) in [6, 6.07) is 34.1. The molecule has 1 amide bonds. The monoisotopic (exact) mass is 559 g/mol. The van der Waals surface area contributed by atoms with E-state index in [2.05, 4.69) is 16.7 Å². The van der Waals surface area contributed by atoms with Gasteiger partial charge in [-0.2, -0.15) is 10.4 Å². The zero-order valence-corrected chi connectivity index (χ0v) is 22.3. The molecule has 2 aliphatic heterocycles. The number of amides is 1. The van der Waals surface area contributed by atoms with Gasteiger partial charge in [0.1, 0.15) is 11.2 Å². The molecule has 5 aromatic rings. The van der Waals surface area contributed by atoms with Gasteiger partial charge in [-0.15, -0.1) is 0 Å². The molecule has 1 aromatic heterocycles. The molecule has 3 heterocycles.